The van der Waals surface area contributed by atoms with Crippen LogP contribution in [0, 0.1) is 17.5 Å². The molecule has 5 nitrogen and oxygen atoms in total. The van der Waals surface area contributed by atoms with Gasteiger partial charge in [-0.1, -0.05) is 0 Å². The zero-order valence-corrected chi connectivity index (χ0v) is 10.8. The molecule has 0 unspecified atom stereocenters. The first-order chi connectivity index (χ1) is 10.0. The Kier molecular flexibility index (Phi) is 3.28. The van der Waals surface area contributed by atoms with Crippen molar-refractivity contribution < 1.29 is 18.0 Å². The number of fused-ring (bicyclic) bond motifs is 1. The van der Waals surface area contributed by atoms with Gasteiger partial charge in [-0.25, -0.2) is 22.9 Å². The monoisotopic (exact) mass is 296 g/mol. The Hall–Kier alpha value is -2.51. The van der Waals surface area contributed by atoms with Crippen molar-refractivity contribution in [2.75, 3.05) is 11.9 Å². The summed E-state index contributed by atoms with van der Waals surface area (Å²) in [6, 6.07) is 0.963. The van der Waals surface area contributed by atoms with Crippen LogP contribution in [-0.4, -0.2) is 27.4 Å². The van der Waals surface area contributed by atoms with Crippen molar-refractivity contribution in [1.82, 2.24) is 14.9 Å². The van der Waals surface area contributed by atoms with Gasteiger partial charge in [0.1, 0.15) is 0 Å². The fraction of sp³-hybridized carbons (Fsp3) is 0.231. The summed E-state index contributed by atoms with van der Waals surface area (Å²) in [6.45, 7) is 0.767. The molecule has 0 bridgehead atoms. The standard InChI is InChI=1S/C13H11F3N4O/c14-8-3-7(4-9(15)12(8)16)19-13(21)20-2-1-10-11(5-20)18-6-17-10/h3-4,6H,1-2,5H2,(H,17,18)(H,19,21). The van der Waals surface area contributed by atoms with E-state index in [2.05, 4.69) is 15.3 Å². The maximum absolute atomic E-state index is 13.1. The highest BCUT2D eigenvalue weighted by Crippen LogP contribution is 2.19. The number of H-pyrrole nitrogens is 1. The second kappa shape index (κ2) is 5.12. The van der Waals surface area contributed by atoms with Crippen molar-refractivity contribution in [2.24, 2.45) is 0 Å². The Bertz CT molecular complexity index is 677. The van der Waals surface area contributed by atoms with E-state index in [1.54, 1.807) is 6.33 Å². The summed E-state index contributed by atoms with van der Waals surface area (Å²) in [5, 5.41) is 2.35. The first kappa shape index (κ1) is 13.5. The molecule has 0 fully saturated rings. The number of benzene rings is 1. The fourth-order valence-corrected chi connectivity index (χ4v) is 2.22. The molecule has 3 rings (SSSR count). The second-order valence-electron chi connectivity index (χ2n) is 4.68. The number of aromatic nitrogens is 2. The van der Waals surface area contributed by atoms with Gasteiger partial charge in [0.05, 0.1) is 24.3 Å². The smallest absolute Gasteiger partial charge is 0.322 e. The largest absolute Gasteiger partial charge is 0.347 e. The van der Waals surface area contributed by atoms with Gasteiger partial charge in [0.2, 0.25) is 0 Å². The zero-order valence-electron chi connectivity index (χ0n) is 10.8. The lowest BCUT2D eigenvalue weighted by atomic mass is 10.1. The van der Waals surface area contributed by atoms with Crippen LogP contribution in [-0.2, 0) is 13.0 Å². The number of halogens is 3. The first-order valence-electron chi connectivity index (χ1n) is 6.26. The van der Waals surface area contributed by atoms with E-state index in [1.807, 2.05) is 0 Å². The Balaban J connectivity index is 1.73. The zero-order chi connectivity index (χ0) is 15.0. The fourth-order valence-electron chi connectivity index (χ4n) is 2.22. The van der Waals surface area contributed by atoms with Crippen molar-refractivity contribution >= 4 is 11.7 Å². The number of rotatable bonds is 1. The van der Waals surface area contributed by atoms with E-state index >= 15 is 0 Å². The summed E-state index contributed by atoms with van der Waals surface area (Å²) in [6.07, 6.45) is 2.15. The van der Waals surface area contributed by atoms with Gasteiger partial charge < -0.3 is 15.2 Å². The van der Waals surface area contributed by atoms with Gasteiger partial charge in [-0.2, -0.15) is 0 Å². The minimum absolute atomic E-state index is 0.133. The third-order valence-electron chi connectivity index (χ3n) is 3.30. The summed E-state index contributed by atoms with van der Waals surface area (Å²) in [5.74, 6) is -4.26. The number of imidazole rings is 1. The number of nitrogens with one attached hydrogen (secondary N) is 2. The average Bonchev–Trinajstić information content (AvgIpc) is 2.91. The number of hydrogen-bond donors (Lipinski definition) is 2. The topological polar surface area (TPSA) is 61.0 Å². The van der Waals surface area contributed by atoms with Crippen LogP contribution in [0.3, 0.4) is 0 Å². The van der Waals surface area contributed by atoms with E-state index in [4.69, 9.17) is 0 Å². The summed E-state index contributed by atoms with van der Waals surface area (Å²) >= 11 is 0. The molecule has 2 N–H and O–H groups in total. The van der Waals surface area contributed by atoms with Crippen LogP contribution in [0.25, 0.3) is 0 Å². The summed E-state index contributed by atoms with van der Waals surface area (Å²) in [4.78, 5) is 20.6. The van der Waals surface area contributed by atoms with E-state index < -0.39 is 23.5 Å². The van der Waals surface area contributed by atoms with Crippen molar-refractivity contribution in [3.05, 3.63) is 47.3 Å². The Morgan fingerprint density at radius 3 is 2.71 bits per heavy atom. The molecule has 1 aliphatic heterocycles. The molecular formula is C13H11F3N4O. The summed E-state index contributed by atoms with van der Waals surface area (Å²) < 4.78 is 39.0. The van der Waals surface area contributed by atoms with E-state index in [0.29, 0.717) is 19.5 Å². The number of nitrogens with zero attached hydrogens (tertiary/aromatic N) is 2. The highest BCUT2D eigenvalue weighted by molar-refractivity contribution is 5.89. The van der Waals surface area contributed by atoms with Crippen LogP contribution >= 0.6 is 0 Å². The minimum Gasteiger partial charge on any atom is -0.347 e. The van der Waals surface area contributed by atoms with Crippen molar-refractivity contribution in [3.63, 3.8) is 0 Å². The molecule has 110 valence electrons. The molecule has 0 radical (unpaired) electrons. The normalized spacial score (nSPS) is 14.0. The Labute approximate surface area is 117 Å². The highest BCUT2D eigenvalue weighted by Gasteiger charge is 2.23. The van der Waals surface area contributed by atoms with Gasteiger partial charge in [-0.05, 0) is 0 Å². The second-order valence-corrected chi connectivity index (χ2v) is 4.68. The van der Waals surface area contributed by atoms with Crippen molar-refractivity contribution in [2.45, 2.75) is 13.0 Å². The molecule has 8 heteroatoms. The van der Waals surface area contributed by atoms with Gasteiger partial charge in [0.25, 0.3) is 0 Å². The van der Waals surface area contributed by atoms with Gasteiger partial charge in [0.15, 0.2) is 17.5 Å². The minimum atomic E-state index is -1.56. The van der Waals surface area contributed by atoms with Crippen molar-refractivity contribution in [1.29, 1.82) is 0 Å². The van der Waals surface area contributed by atoms with E-state index in [1.165, 1.54) is 4.90 Å². The van der Waals surface area contributed by atoms with Crippen LogP contribution < -0.4 is 5.32 Å². The van der Waals surface area contributed by atoms with E-state index in [0.717, 1.165) is 23.5 Å². The number of carbonyl (C=O) groups is 1. The number of aromatic amines is 1. The average molecular weight is 296 g/mol. The van der Waals surface area contributed by atoms with Gasteiger partial charge in [-0.3, -0.25) is 0 Å². The molecule has 0 saturated carbocycles. The molecule has 21 heavy (non-hydrogen) atoms. The number of anilines is 1. The maximum Gasteiger partial charge on any atom is 0.322 e. The molecule has 1 aromatic heterocycles. The van der Waals surface area contributed by atoms with E-state index in [-0.39, 0.29) is 5.69 Å². The lowest BCUT2D eigenvalue weighted by molar-refractivity contribution is 0.205. The lowest BCUT2D eigenvalue weighted by Gasteiger charge is -2.26. The third kappa shape index (κ3) is 2.56. The number of amides is 2. The molecule has 2 amide bonds. The summed E-state index contributed by atoms with van der Waals surface area (Å²) in [7, 11) is 0. The number of urea groups is 1. The van der Waals surface area contributed by atoms with E-state index in [9.17, 15) is 18.0 Å². The first-order valence-corrected chi connectivity index (χ1v) is 6.26. The van der Waals surface area contributed by atoms with Crippen molar-refractivity contribution in [3.8, 4) is 0 Å². The molecule has 2 heterocycles. The third-order valence-corrected chi connectivity index (χ3v) is 3.30. The predicted octanol–water partition coefficient (Wildman–Crippen LogP) is 2.42. The maximum atomic E-state index is 13.1. The van der Waals surface area contributed by atoms with Crippen LogP contribution in [0.2, 0.25) is 0 Å². The molecule has 0 aliphatic carbocycles. The van der Waals surface area contributed by atoms with Crippen LogP contribution in [0.15, 0.2) is 18.5 Å². The highest BCUT2D eigenvalue weighted by atomic mass is 19.2. The molecule has 1 aromatic carbocycles. The molecule has 0 atom stereocenters. The SMILES string of the molecule is O=C(Nc1cc(F)c(F)c(F)c1)N1CCc2nc[nH]c2C1. The Morgan fingerprint density at radius 1 is 1.29 bits per heavy atom. The molecule has 1 aliphatic rings. The molecule has 2 aromatic rings. The van der Waals surface area contributed by atoms with Crippen LogP contribution in [0.5, 0.6) is 0 Å². The predicted molar refractivity (Wildman–Crippen MR) is 68.0 cm³/mol. The number of hydrogen-bond acceptors (Lipinski definition) is 2. The van der Waals surface area contributed by atoms with Gasteiger partial charge >= 0.3 is 6.03 Å². The number of carbonyl (C=O) groups excluding carboxylic acids is 1. The summed E-state index contributed by atoms with van der Waals surface area (Å²) in [5.41, 5.74) is 1.59. The Morgan fingerprint density at radius 2 is 2.00 bits per heavy atom. The lowest BCUT2D eigenvalue weighted by Crippen LogP contribution is -2.39. The van der Waals surface area contributed by atoms with Gasteiger partial charge in [0, 0.05) is 30.8 Å². The van der Waals surface area contributed by atoms with Crippen LogP contribution in [0.1, 0.15) is 11.4 Å². The molecule has 0 saturated heterocycles. The van der Waals surface area contributed by atoms with Gasteiger partial charge in [-0.15, -0.1) is 0 Å². The molecule has 0 spiro atoms. The van der Waals surface area contributed by atoms with Crippen LogP contribution in [0.4, 0.5) is 23.7 Å². The molecular weight excluding hydrogens is 285 g/mol. The quantitative estimate of drug-likeness (QED) is 0.794.